The van der Waals surface area contributed by atoms with Gasteiger partial charge < -0.3 is 16.4 Å². The summed E-state index contributed by atoms with van der Waals surface area (Å²) in [5, 5.41) is 5.04. The van der Waals surface area contributed by atoms with Crippen molar-refractivity contribution >= 4 is 23.3 Å². The van der Waals surface area contributed by atoms with Gasteiger partial charge >= 0.3 is 11.8 Å². The SMILES string of the molecule is CC(=O)c1ccc(NC(=O)C(=O)NCc2cccc(CN)c2)cc1. The molecule has 0 unspecified atom stereocenters. The quantitative estimate of drug-likeness (QED) is 0.574. The lowest BCUT2D eigenvalue weighted by Crippen LogP contribution is -2.35. The minimum absolute atomic E-state index is 0.0645. The van der Waals surface area contributed by atoms with E-state index in [9.17, 15) is 14.4 Å². The lowest BCUT2D eigenvalue weighted by molar-refractivity contribution is -0.136. The molecule has 0 aromatic heterocycles. The van der Waals surface area contributed by atoms with Gasteiger partial charge in [0.15, 0.2) is 5.78 Å². The van der Waals surface area contributed by atoms with Crippen molar-refractivity contribution in [2.75, 3.05) is 5.32 Å². The van der Waals surface area contributed by atoms with Crippen LogP contribution in [0.3, 0.4) is 0 Å². The molecule has 0 heterocycles. The van der Waals surface area contributed by atoms with Gasteiger partial charge in [-0.1, -0.05) is 24.3 Å². The molecule has 4 N–H and O–H groups in total. The van der Waals surface area contributed by atoms with E-state index in [1.165, 1.54) is 6.92 Å². The Balaban J connectivity index is 1.89. The maximum atomic E-state index is 11.9. The molecule has 0 atom stereocenters. The molecule has 6 nitrogen and oxygen atoms in total. The number of carbonyl (C=O) groups excluding carboxylic acids is 3. The summed E-state index contributed by atoms with van der Waals surface area (Å²) < 4.78 is 0. The molecule has 24 heavy (non-hydrogen) atoms. The number of carbonyl (C=O) groups is 3. The predicted molar refractivity (Wildman–Crippen MR) is 91.3 cm³/mol. The standard InChI is InChI=1S/C18H19N3O3/c1-12(22)15-5-7-16(8-6-15)21-18(24)17(23)20-11-14-4-2-3-13(9-14)10-19/h2-9H,10-11,19H2,1H3,(H,20,23)(H,21,24). The van der Waals surface area contributed by atoms with Crippen LogP contribution in [0, 0.1) is 0 Å². The molecule has 2 aromatic carbocycles. The molecular weight excluding hydrogens is 306 g/mol. The summed E-state index contributed by atoms with van der Waals surface area (Å²) in [5.74, 6) is -1.56. The molecule has 0 fully saturated rings. The van der Waals surface area contributed by atoms with Gasteiger partial charge in [0.1, 0.15) is 0 Å². The predicted octanol–water partition coefficient (Wildman–Crippen LogP) is 1.60. The number of hydrogen-bond donors (Lipinski definition) is 3. The molecule has 0 radical (unpaired) electrons. The number of hydrogen-bond acceptors (Lipinski definition) is 4. The van der Waals surface area contributed by atoms with Gasteiger partial charge in [0.05, 0.1) is 0 Å². The van der Waals surface area contributed by atoms with E-state index in [1.807, 2.05) is 24.3 Å². The summed E-state index contributed by atoms with van der Waals surface area (Å²) >= 11 is 0. The maximum Gasteiger partial charge on any atom is 0.313 e. The van der Waals surface area contributed by atoms with Gasteiger partial charge in [-0.25, -0.2) is 0 Å². The molecule has 0 aliphatic rings. The summed E-state index contributed by atoms with van der Waals surface area (Å²) in [6.45, 7) is 2.11. The number of anilines is 1. The van der Waals surface area contributed by atoms with E-state index in [0.29, 0.717) is 17.8 Å². The minimum atomic E-state index is -0.763. The molecule has 0 spiro atoms. The van der Waals surface area contributed by atoms with E-state index in [2.05, 4.69) is 10.6 Å². The number of benzene rings is 2. The summed E-state index contributed by atoms with van der Waals surface area (Å²) in [7, 11) is 0. The molecule has 0 aliphatic heterocycles. The van der Waals surface area contributed by atoms with Gasteiger partial charge in [-0.2, -0.15) is 0 Å². The lowest BCUT2D eigenvalue weighted by Gasteiger charge is -2.08. The average molecular weight is 325 g/mol. The Labute approximate surface area is 140 Å². The smallest absolute Gasteiger partial charge is 0.313 e. The Morgan fingerprint density at radius 3 is 2.25 bits per heavy atom. The highest BCUT2D eigenvalue weighted by Gasteiger charge is 2.13. The zero-order chi connectivity index (χ0) is 17.5. The largest absolute Gasteiger partial charge is 0.344 e. The van der Waals surface area contributed by atoms with Gasteiger partial charge in [-0.3, -0.25) is 14.4 Å². The van der Waals surface area contributed by atoms with Crippen LogP contribution in [-0.4, -0.2) is 17.6 Å². The van der Waals surface area contributed by atoms with Gasteiger partial charge in [-0.05, 0) is 42.3 Å². The fraction of sp³-hybridized carbons (Fsp3) is 0.167. The van der Waals surface area contributed by atoms with Gasteiger partial charge in [0.25, 0.3) is 0 Å². The number of amides is 2. The summed E-state index contributed by atoms with van der Waals surface area (Å²) in [6.07, 6.45) is 0. The van der Waals surface area contributed by atoms with Crippen LogP contribution in [0.2, 0.25) is 0 Å². The fourth-order valence-electron chi connectivity index (χ4n) is 2.11. The highest BCUT2D eigenvalue weighted by atomic mass is 16.2. The third-order valence-electron chi connectivity index (χ3n) is 3.44. The molecule has 6 heteroatoms. The molecule has 2 amide bonds. The van der Waals surface area contributed by atoms with Crippen LogP contribution in [0.4, 0.5) is 5.69 Å². The highest BCUT2D eigenvalue weighted by molar-refractivity contribution is 6.39. The molecule has 0 bridgehead atoms. The van der Waals surface area contributed by atoms with Crippen LogP contribution in [-0.2, 0) is 22.7 Å². The van der Waals surface area contributed by atoms with Crippen molar-refractivity contribution in [3.05, 3.63) is 65.2 Å². The van der Waals surface area contributed by atoms with E-state index in [-0.39, 0.29) is 12.3 Å². The highest BCUT2D eigenvalue weighted by Crippen LogP contribution is 2.10. The minimum Gasteiger partial charge on any atom is -0.344 e. The molecule has 0 saturated heterocycles. The molecule has 124 valence electrons. The van der Waals surface area contributed by atoms with E-state index >= 15 is 0 Å². The van der Waals surface area contributed by atoms with Crippen molar-refractivity contribution in [2.24, 2.45) is 5.73 Å². The first-order chi connectivity index (χ1) is 11.5. The molecule has 2 rings (SSSR count). The van der Waals surface area contributed by atoms with E-state index < -0.39 is 11.8 Å². The Bertz CT molecular complexity index is 754. The summed E-state index contributed by atoms with van der Waals surface area (Å²) in [5.41, 5.74) is 8.37. The molecule has 2 aromatic rings. The summed E-state index contributed by atoms with van der Waals surface area (Å²) in [6, 6.07) is 13.8. The van der Waals surface area contributed by atoms with Crippen molar-refractivity contribution in [1.29, 1.82) is 0 Å². The van der Waals surface area contributed by atoms with Gasteiger partial charge in [-0.15, -0.1) is 0 Å². The fourth-order valence-corrected chi connectivity index (χ4v) is 2.11. The molecular formula is C18H19N3O3. The zero-order valence-corrected chi connectivity index (χ0v) is 13.3. The summed E-state index contributed by atoms with van der Waals surface area (Å²) in [4.78, 5) is 34.9. The van der Waals surface area contributed by atoms with Crippen LogP contribution in [0.5, 0.6) is 0 Å². The van der Waals surface area contributed by atoms with Crippen molar-refractivity contribution in [3.63, 3.8) is 0 Å². The van der Waals surface area contributed by atoms with Gasteiger partial charge in [0, 0.05) is 24.3 Å². The zero-order valence-electron chi connectivity index (χ0n) is 13.3. The Kier molecular flexibility index (Phi) is 5.81. The van der Waals surface area contributed by atoms with Crippen LogP contribution >= 0.6 is 0 Å². The lowest BCUT2D eigenvalue weighted by atomic mass is 10.1. The molecule has 0 aliphatic carbocycles. The number of nitrogens with one attached hydrogen (secondary N) is 2. The Morgan fingerprint density at radius 2 is 1.62 bits per heavy atom. The normalized spacial score (nSPS) is 10.1. The maximum absolute atomic E-state index is 11.9. The Hall–Kier alpha value is -2.99. The number of rotatable bonds is 5. The van der Waals surface area contributed by atoms with Crippen LogP contribution in [0.25, 0.3) is 0 Å². The monoisotopic (exact) mass is 325 g/mol. The first kappa shape index (κ1) is 17.4. The average Bonchev–Trinajstić information content (AvgIpc) is 2.60. The van der Waals surface area contributed by atoms with E-state index in [1.54, 1.807) is 24.3 Å². The van der Waals surface area contributed by atoms with Crippen molar-refractivity contribution in [1.82, 2.24) is 5.32 Å². The van der Waals surface area contributed by atoms with E-state index in [0.717, 1.165) is 11.1 Å². The van der Waals surface area contributed by atoms with Crippen LogP contribution < -0.4 is 16.4 Å². The van der Waals surface area contributed by atoms with Crippen LogP contribution in [0.1, 0.15) is 28.4 Å². The van der Waals surface area contributed by atoms with E-state index in [4.69, 9.17) is 5.73 Å². The second kappa shape index (κ2) is 8.03. The topological polar surface area (TPSA) is 101 Å². The second-order valence-electron chi connectivity index (χ2n) is 5.29. The molecule has 0 saturated carbocycles. The van der Waals surface area contributed by atoms with Crippen molar-refractivity contribution in [3.8, 4) is 0 Å². The second-order valence-corrected chi connectivity index (χ2v) is 5.29. The third kappa shape index (κ3) is 4.76. The first-order valence-electron chi connectivity index (χ1n) is 7.47. The van der Waals surface area contributed by atoms with Crippen LogP contribution in [0.15, 0.2) is 48.5 Å². The Morgan fingerprint density at radius 1 is 0.958 bits per heavy atom. The van der Waals surface area contributed by atoms with Crippen molar-refractivity contribution < 1.29 is 14.4 Å². The number of nitrogens with two attached hydrogens (primary N) is 1. The first-order valence-corrected chi connectivity index (χ1v) is 7.47. The van der Waals surface area contributed by atoms with Gasteiger partial charge in [0.2, 0.25) is 0 Å². The number of Topliss-reactive ketones (excluding diaryl/α,β-unsaturated/α-hetero) is 1. The van der Waals surface area contributed by atoms with Crippen molar-refractivity contribution in [2.45, 2.75) is 20.0 Å². The number of ketones is 1. The third-order valence-corrected chi connectivity index (χ3v) is 3.44.